The fourth-order valence-corrected chi connectivity index (χ4v) is 4.95. The molecule has 1 heterocycles. The molecule has 192 valence electrons. The number of carboxylic acids is 1. The first-order valence-electron chi connectivity index (χ1n) is 10.3. The Kier molecular flexibility index (Phi) is 12.0. The lowest BCUT2D eigenvalue weighted by Gasteiger charge is -2.39. The number of hydrogen-bond donors (Lipinski definition) is 3. The van der Waals surface area contributed by atoms with Crippen molar-refractivity contribution in [1.82, 2.24) is 10.6 Å². The van der Waals surface area contributed by atoms with Crippen LogP contribution in [0.15, 0.2) is 0 Å². The van der Waals surface area contributed by atoms with E-state index < -0.39 is 66.6 Å². The Bertz CT molecular complexity index is 861. The largest absolute Gasteiger partial charge is 0.475 e. The second kappa shape index (κ2) is 13.7. The number of thioether (sulfide) groups is 1. The molecular weight excluding hydrogens is 495 g/mol. The van der Waals surface area contributed by atoms with Gasteiger partial charge in [0.15, 0.2) is 11.2 Å². The van der Waals surface area contributed by atoms with Gasteiger partial charge in [0.25, 0.3) is 0 Å². The van der Waals surface area contributed by atoms with Crippen molar-refractivity contribution in [2.75, 3.05) is 32.1 Å². The number of Topliss-reactive ketones (excluding diaryl/α,β-unsaturated/α-hetero) is 2. The second-order valence-electron chi connectivity index (χ2n) is 7.84. The average Bonchev–Trinajstić information content (AvgIpc) is 2.73. The number of ketones is 2. The van der Waals surface area contributed by atoms with Crippen LogP contribution in [0.25, 0.3) is 0 Å². The molecule has 0 bridgehead atoms. The first-order valence-corrected chi connectivity index (χ1v) is 12.8. The van der Waals surface area contributed by atoms with Crippen LogP contribution in [0, 0.1) is 5.41 Å². The number of phosphoric acid groups is 1. The van der Waals surface area contributed by atoms with Gasteiger partial charge in [-0.05, 0) is 6.92 Å². The standard InChI is InChI=1S/C19H29N2O11PS/c1-4-30-33(29)31-11-19(2,3)16(32-33)17(26)21-6-5-14(24)20-7-8-34-15(25)10-12(22)9-13(23)18(27)28/h16H,4-11H2,1-3H3,(H,20,24)(H,21,26)(H,27,28)/t16-,33?/m0/s1. The van der Waals surface area contributed by atoms with E-state index in [9.17, 15) is 33.3 Å². The average molecular weight is 524 g/mol. The Labute approximate surface area is 200 Å². The molecule has 2 atom stereocenters. The third-order valence-corrected chi connectivity index (χ3v) is 6.70. The number of carbonyl (C=O) groups excluding carboxylic acids is 5. The molecule has 1 aliphatic rings. The molecule has 0 aromatic rings. The van der Waals surface area contributed by atoms with Gasteiger partial charge >= 0.3 is 13.8 Å². The van der Waals surface area contributed by atoms with Gasteiger partial charge in [0.05, 0.1) is 26.1 Å². The number of carbonyl (C=O) groups is 6. The van der Waals surface area contributed by atoms with Gasteiger partial charge in [0, 0.05) is 30.7 Å². The Balaban J connectivity index is 2.29. The minimum absolute atomic E-state index is 0.0132. The molecular formula is C19H29N2O11PS. The number of phosphoric ester groups is 1. The van der Waals surface area contributed by atoms with Gasteiger partial charge in [-0.15, -0.1) is 0 Å². The van der Waals surface area contributed by atoms with Crippen LogP contribution in [0.2, 0.25) is 0 Å². The normalized spacial score (nSPS) is 21.3. The summed E-state index contributed by atoms with van der Waals surface area (Å²) in [6, 6.07) is 0. The summed E-state index contributed by atoms with van der Waals surface area (Å²) in [7, 11) is -3.84. The highest BCUT2D eigenvalue weighted by molar-refractivity contribution is 8.13. The smallest absolute Gasteiger partial charge is 0.475 e. The van der Waals surface area contributed by atoms with Crippen LogP contribution in [0.3, 0.4) is 0 Å². The molecule has 1 unspecified atom stereocenters. The summed E-state index contributed by atoms with van der Waals surface area (Å²) in [5.74, 6) is -4.61. The molecule has 15 heteroatoms. The van der Waals surface area contributed by atoms with Crippen LogP contribution in [0.1, 0.15) is 40.0 Å². The van der Waals surface area contributed by atoms with E-state index in [2.05, 4.69) is 10.6 Å². The highest BCUT2D eigenvalue weighted by Gasteiger charge is 2.48. The number of hydrogen-bond acceptors (Lipinski definition) is 11. The molecule has 0 spiro atoms. The summed E-state index contributed by atoms with van der Waals surface area (Å²) in [4.78, 5) is 68.8. The zero-order valence-electron chi connectivity index (χ0n) is 19.1. The van der Waals surface area contributed by atoms with E-state index in [1.54, 1.807) is 20.8 Å². The highest BCUT2D eigenvalue weighted by Crippen LogP contribution is 2.57. The monoisotopic (exact) mass is 524 g/mol. The highest BCUT2D eigenvalue weighted by atomic mass is 32.2. The Morgan fingerprint density at radius 3 is 2.41 bits per heavy atom. The Hall–Kier alpha value is -2.12. The summed E-state index contributed by atoms with van der Waals surface area (Å²) in [6.07, 6.45) is -2.58. The first kappa shape index (κ1) is 29.9. The van der Waals surface area contributed by atoms with Gasteiger partial charge in [-0.1, -0.05) is 25.6 Å². The Morgan fingerprint density at radius 2 is 1.79 bits per heavy atom. The molecule has 1 saturated heterocycles. The van der Waals surface area contributed by atoms with Crippen LogP contribution in [0.5, 0.6) is 0 Å². The summed E-state index contributed by atoms with van der Waals surface area (Å²) in [5.41, 5.74) is -0.774. The van der Waals surface area contributed by atoms with Crippen molar-refractivity contribution in [1.29, 1.82) is 0 Å². The van der Waals surface area contributed by atoms with Gasteiger partial charge in [-0.3, -0.25) is 37.5 Å². The number of aliphatic carboxylic acids is 1. The van der Waals surface area contributed by atoms with E-state index in [-0.39, 0.29) is 38.5 Å². The zero-order chi connectivity index (χ0) is 25.9. The number of carboxylic acid groups (broad SMARTS) is 1. The molecule has 1 rings (SSSR count). The maximum atomic E-state index is 12.5. The number of nitrogens with one attached hydrogen (secondary N) is 2. The molecule has 0 aliphatic carbocycles. The van der Waals surface area contributed by atoms with Crippen LogP contribution >= 0.6 is 19.6 Å². The number of rotatable bonds is 14. The first-order chi connectivity index (χ1) is 15.8. The molecule has 0 saturated carbocycles. The van der Waals surface area contributed by atoms with Crippen molar-refractivity contribution >= 4 is 54.1 Å². The lowest BCUT2D eigenvalue weighted by atomic mass is 9.87. The van der Waals surface area contributed by atoms with E-state index in [1.165, 1.54) is 0 Å². The third kappa shape index (κ3) is 10.4. The predicted octanol–water partition coefficient (Wildman–Crippen LogP) is 0.458. The summed E-state index contributed by atoms with van der Waals surface area (Å²) in [6.45, 7) is 5.18. The van der Waals surface area contributed by atoms with Crippen molar-refractivity contribution < 1.29 is 52.0 Å². The maximum absolute atomic E-state index is 12.5. The minimum atomic E-state index is -3.84. The minimum Gasteiger partial charge on any atom is -0.475 e. The van der Waals surface area contributed by atoms with Crippen molar-refractivity contribution in [2.45, 2.75) is 46.1 Å². The molecule has 13 nitrogen and oxygen atoms in total. The molecule has 0 radical (unpaired) electrons. The molecule has 0 aromatic heterocycles. The van der Waals surface area contributed by atoms with Gasteiger partial charge in [-0.2, -0.15) is 0 Å². The van der Waals surface area contributed by atoms with Crippen LogP contribution in [-0.4, -0.2) is 77.7 Å². The van der Waals surface area contributed by atoms with Crippen molar-refractivity contribution in [3.05, 3.63) is 0 Å². The van der Waals surface area contributed by atoms with E-state index in [0.717, 1.165) is 11.8 Å². The topological polar surface area (TPSA) is 191 Å². The summed E-state index contributed by atoms with van der Waals surface area (Å²) in [5, 5.41) is 13.0. The van der Waals surface area contributed by atoms with Gasteiger partial charge in [-0.25, -0.2) is 9.36 Å². The third-order valence-electron chi connectivity index (χ3n) is 4.34. The van der Waals surface area contributed by atoms with Crippen molar-refractivity contribution in [3.63, 3.8) is 0 Å². The maximum Gasteiger partial charge on any atom is 0.475 e. The van der Waals surface area contributed by atoms with E-state index >= 15 is 0 Å². The van der Waals surface area contributed by atoms with E-state index in [0.29, 0.717) is 0 Å². The van der Waals surface area contributed by atoms with Crippen molar-refractivity contribution in [2.24, 2.45) is 5.41 Å². The quantitative estimate of drug-likeness (QED) is 0.123. The van der Waals surface area contributed by atoms with Crippen LogP contribution < -0.4 is 10.6 Å². The predicted molar refractivity (Wildman–Crippen MR) is 119 cm³/mol. The Morgan fingerprint density at radius 1 is 1.12 bits per heavy atom. The van der Waals surface area contributed by atoms with Gasteiger partial charge in [0.1, 0.15) is 5.78 Å². The van der Waals surface area contributed by atoms with Gasteiger partial charge in [0.2, 0.25) is 17.6 Å². The fraction of sp³-hybridized carbons (Fsp3) is 0.684. The summed E-state index contributed by atoms with van der Waals surface area (Å²) >= 11 is 0.764. The summed E-state index contributed by atoms with van der Waals surface area (Å²) < 4.78 is 27.8. The number of amides is 2. The van der Waals surface area contributed by atoms with E-state index in [4.69, 9.17) is 18.7 Å². The molecule has 1 aliphatic heterocycles. The zero-order valence-corrected chi connectivity index (χ0v) is 20.8. The van der Waals surface area contributed by atoms with Gasteiger partial charge < -0.3 is 15.7 Å². The van der Waals surface area contributed by atoms with E-state index in [1.807, 2.05) is 0 Å². The van der Waals surface area contributed by atoms with Crippen LogP contribution in [-0.2, 0) is 46.9 Å². The molecule has 3 N–H and O–H groups in total. The molecule has 34 heavy (non-hydrogen) atoms. The SMILES string of the molecule is CCOP1(=O)OCC(C)(C)[C@H](C(=O)NCCC(=O)NCCSC(=O)CC(=O)CC(=O)C(=O)O)O1. The second-order valence-corrected chi connectivity index (χ2v) is 10.6. The molecule has 1 fully saturated rings. The van der Waals surface area contributed by atoms with Crippen LogP contribution in [0.4, 0.5) is 0 Å². The molecule has 0 aromatic carbocycles. The molecule has 2 amide bonds. The lowest BCUT2D eigenvalue weighted by molar-refractivity contribution is -0.150. The fourth-order valence-electron chi connectivity index (χ4n) is 2.62. The van der Waals surface area contributed by atoms with Crippen molar-refractivity contribution in [3.8, 4) is 0 Å². The lowest BCUT2D eigenvalue weighted by Crippen LogP contribution is -2.50.